The predicted molar refractivity (Wildman–Crippen MR) is 132 cm³/mol. The summed E-state index contributed by atoms with van der Waals surface area (Å²) in [7, 11) is 0. The minimum Gasteiger partial charge on any atom is -0.318 e. The summed E-state index contributed by atoms with van der Waals surface area (Å²) < 4.78 is 2.56. The number of amides is 1. The van der Waals surface area contributed by atoms with Crippen LogP contribution in [0.4, 0.5) is 5.69 Å². The Morgan fingerprint density at radius 1 is 0.967 bits per heavy atom. The molecule has 8 heteroatoms. The standard InChI is InChI=1S/C22H15Cl3N2OS2/c1-12-9-14(13(2)26(12)17-6-3-15(23)4-7-17)10-20-21(28)27(22(29)30-20)19-8-5-16(24)11-18(19)25/h3-11H,1-2H3/b20-10-. The summed E-state index contributed by atoms with van der Waals surface area (Å²) >= 11 is 25.0. The number of carbonyl (C=O) groups excluding carboxylic acids is 1. The molecular weight excluding hydrogens is 479 g/mol. The molecule has 0 radical (unpaired) electrons. The second-order valence-corrected chi connectivity index (χ2v) is 9.71. The fourth-order valence-corrected chi connectivity index (χ4v) is 5.30. The fourth-order valence-electron chi connectivity index (χ4n) is 3.40. The van der Waals surface area contributed by atoms with Crippen molar-refractivity contribution in [2.75, 3.05) is 4.90 Å². The molecule has 0 bridgehead atoms. The average Bonchev–Trinajstić information content (AvgIpc) is 3.12. The monoisotopic (exact) mass is 492 g/mol. The highest BCUT2D eigenvalue weighted by Crippen LogP contribution is 2.40. The molecule has 4 rings (SSSR count). The number of thiocarbonyl (C=S) groups is 1. The van der Waals surface area contributed by atoms with Crippen LogP contribution in [0.1, 0.15) is 17.0 Å². The Labute approximate surface area is 199 Å². The van der Waals surface area contributed by atoms with Crippen LogP contribution in [-0.4, -0.2) is 14.8 Å². The number of hydrogen-bond acceptors (Lipinski definition) is 3. The highest BCUT2D eigenvalue weighted by atomic mass is 35.5. The second kappa shape index (κ2) is 8.40. The van der Waals surface area contributed by atoms with Crippen molar-refractivity contribution in [1.29, 1.82) is 0 Å². The minimum atomic E-state index is -0.203. The van der Waals surface area contributed by atoms with Gasteiger partial charge in [-0.3, -0.25) is 9.69 Å². The van der Waals surface area contributed by atoms with Gasteiger partial charge in [0, 0.05) is 27.1 Å². The van der Waals surface area contributed by atoms with Crippen LogP contribution in [0.25, 0.3) is 11.8 Å². The lowest BCUT2D eigenvalue weighted by Gasteiger charge is -2.16. The van der Waals surface area contributed by atoms with E-state index >= 15 is 0 Å². The van der Waals surface area contributed by atoms with Gasteiger partial charge in [0.25, 0.3) is 5.91 Å². The van der Waals surface area contributed by atoms with Crippen molar-refractivity contribution in [2.45, 2.75) is 13.8 Å². The third-order valence-corrected chi connectivity index (χ3v) is 6.88. The van der Waals surface area contributed by atoms with E-state index in [2.05, 4.69) is 4.57 Å². The Hall–Kier alpha value is -1.76. The van der Waals surface area contributed by atoms with Crippen molar-refractivity contribution >= 4 is 80.8 Å². The fraction of sp³-hybridized carbons (Fsp3) is 0.0909. The molecule has 0 atom stereocenters. The van der Waals surface area contributed by atoms with Crippen LogP contribution in [0.5, 0.6) is 0 Å². The second-order valence-electron chi connectivity index (χ2n) is 6.75. The number of anilines is 1. The van der Waals surface area contributed by atoms with Crippen molar-refractivity contribution in [3.05, 3.63) is 85.5 Å². The number of rotatable bonds is 3. The van der Waals surface area contributed by atoms with Gasteiger partial charge in [-0.25, -0.2) is 0 Å². The number of benzene rings is 2. The van der Waals surface area contributed by atoms with E-state index in [-0.39, 0.29) is 5.91 Å². The summed E-state index contributed by atoms with van der Waals surface area (Å²) in [4.78, 5) is 15.1. The maximum Gasteiger partial charge on any atom is 0.270 e. The van der Waals surface area contributed by atoms with Crippen molar-refractivity contribution in [3.63, 3.8) is 0 Å². The predicted octanol–water partition coefficient (Wildman–Crippen LogP) is 7.46. The first-order valence-corrected chi connectivity index (χ1v) is 11.3. The molecule has 1 aliphatic heterocycles. The van der Waals surface area contributed by atoms with Crippen LogP contribution >= 0.6 is 58.8 Å². The highest BCUT2D eigenvalue weighted by molar-refractivity contribution is 8.27. The Kier molecular flexibility index (Phi) is 6.02. The summed E-state index contributed by atoms with van der Waals surface area (Å²) in [5.41, 5.74) is 4.56. The third kappa shape index (κ3) is 3.93. The third-order valence-electron chi connectivity index (χ3n) is 4.79. The van der Waals surface area contributed by atoms with Gasteiger partial charge in [-0.05, 0) is 74.0 Å². The summed E-state index contributed by atoms with van der Waals surface area (Å²) in [6.07, 6.45) is 1.87. The molecule has 3 aromatic rings. The quantitative estimate of drug-likeness (QED) is 0.280. The number of carbonyl (C=O) groups is 1. The van der Waals surface area contributed by atoms with Crippen LogP contribution in [0.2, 0.25) is 15.1 Å². The molecule has 2 aromatic carbocycles. The van der Waals surface area contributed by atoms with Gasteiger partial charge in [-0.1, -0.05) is 58.8 Å². The SMILES string of the molecule is Cc1cc(/C=C2\SC(=S)N(c3ccc(Cl)cc3Cl)C2=O)c(C)n1-c1ccc(Cl)cc1. The minimum absolute atomic E-state index is 0.203. The molecule has 0 N–H and O–H groups in total. The molecule has 0 saturated carbocycles. The van der Waals surface area contributed by atoms with Gasteiger partial charge >= 0.3 is 0 Å². The number of hydrogen-bond donors (Lipinski definition) is 0. The van der Waals surface area contributed by atoms with Crippen molar-refractivity contribution in [1.82, 2.24) is 4.57 Å². The zero-order valence-corrected chi connectivity index (χ0v) is 19.8. The first-order chi connectivity index (χ1) is 14.3. The van der Waals surface area contributed by atoms with Crippen molar-refractivity contribution in [2.24, 2.45) is 0 Å². The molecule has 2 heterocycles. The zero-order valence-electron chi connectivity index (χ0n) is 15.9. The van der Waals surface area contributed by atoms with E-state index < -0.39 is 0 Å². The molecule has 1 fully saturated rings. The average molecular weight is 494 g/mol. The molecular formula is C22H15Cl3N2OS2. The van der Waals surface area contributed by atoms with E-state index in [1.165, 1.54) is 16.7 Å². The molecule has 0 unspecified atom stereocenters. The number of aryl methyl sites for hydroxylation is 1. The van der Waals surface area contributed by atoms with E-state index in [0.717, 1.165) is 22.6 Å². The Bertz CT molecular complexity index is 1220. The molecule has 1 aromatic heterocycles. The first kappa shape index (κ1) is 21.5. The molecule has 1 saturated heterocycles. The number of thioether (sulfide) groups is 1. The largest absolute Gasteiger partial charge is 0.318 e. The smallest absolute Gasteiger partial charge is 0.270 e. The van der Waals surface area contributed by atoms with E-state index in [1.807, 2.05) is 50.3 Å². The van der Waals surface area contributed by atoms with Crippen LogP contribution in [0, 0.1) is 13.8 Å². The van der Waals surface area contributed by atoms with E-state index in [1.54, 1.807) is 18.2 Å². The van der Waals surface area contributed by atoms with E-state index in [0.29, 0.717) is 30.0 Å². The summed E-state index contributed by atoms with van der Waals surface area (Å²) in [5, 5.41) is 1.56. The van der Waals surface area contributed by atoms with Crippen molar-refractivity contribution < 1.29 is 4.79 Å². The molecule has 152 valence electrons. The molecule has 1 amide bonds. The topological polar surface area (TPSA) is 25.2 Å². The van der Waals surface area contributed by atoms with Crippen LogP contribution in [0.15, 0.2) is 53.4 Å². The molecule has 3 nitrogen and oxygen atoms in total. The molecule has 1 aliphatic rings. The molecule has 0 aliphatic carbocycles. The lowest BCUT2D eigenvalue weighted by molar-refractivity contribution is -0.113. The van der Waals surface area contributed by atoms with Crippen LogP contribution in [0.3, 0.4) is 0 Å². The van der Waals surface area contributed by atoms with Crippen molar-refractivity contribution in [3.8, 4) is 5.69 Å². The lowest BCUT2D eigenvalue weighted by Crippen LogP contribution is -2.27. The van der Waals surface area contributed by atoms with Gasteiger partial charge in [0.2, 0.25) is 0 Å². The number of aromatic nitrogens is 1. The lowest BCUT2D eigenvalue weighted by atomic mass is 10.2. The zero-order chi connectivity index (χ0) is 21.6. The Balaban J connectivity index is 1.71. The normalized spacial score (nSPS) is 15.5. The van der Waals surface area contributed by atoms with E-state index in [4.69, 9.17) is 47.0 Å². The van der Waals surface area contributed by atoms with Gasteiger partial charge in [0.1, 0.15) is 0 Å². The summed E-state index contributed by atoms with van der Waals surface area (Å²) in [5.74, 6) is -0.203. The van der Waals surface area contributed by atoms with Gasteiger partial charge in [0.05, 0.1) is 15.6 Å². The van der Waals surface area contributed by atoms with Gasteiger partial charge in [-0.2, -0.15) is 0 Å². The van der Waals surface area contributed by atoms with E-state index in [9.17, 15) is 4.79 Å². The summed E-state index contributed by atoms with van der Waals surface area (Å²) in [6.45, 7) is 4.04. The van der Waals surface area contributed by atoms with Gasteiger partial charge in [0.15, 0.2) is 4.32 Å². The Morgan fingerprint density at radius 3 is 2.30 bits per heavy atom. The number of nitrogens with zero attached hydrogens (tertiary/aromatic N) is 2. The molecule has 30 heavy (non-hydrogen) atoms. The van der Waals surface area contributed by atoms with Crippen LogP contribution in [-0.2, 0) is 4.79 Å². The number of halogens is 3. The first-order valence-electron chi connectivity index (χ1n) is 8.94. The van der Waals surface area contributed by atoms with Gasteiger partial charge in [-0.15, -0.1) is 0 Å². The van der Waals surface area contributed by atoms with Gasteiger partial charge < -0.3 is 4.57 Å². The highest BCUT2D eigenvalue weighted by Gasteiger charge is 2.34. The van der Waals surface area contributed by atoms with Crippen LogP contribution < -0.4 is 4.90 Å². The maximum atomic E-state index is 13.1. The maximum absolute atomic E-state index is 13.1. The summed E-state index contributed by atoms with van der Waals surface area (Å²) in [6, 6.07) is 14.7. The molecule has 0 spiro atoms. The Morgan fingerprint density at radius 2 is 1.63 bits per heavy atom.